The first-order valence-corrected chi connectivity index (χ1v) is 9.05. The number of pyridine rings is 2. The second-order valence-corrected chi connectivity index (χ2v) is 6.84. The van der Waals surface area contributed by atoms with Crippen LogP contribution in [0.1, 0.15) is 27.3 Å². The lowest BCUT2D eigenvalue weighted by Crippen LogP contribution is -2.37. The highest BCUT2D eigenvalue weighted by molar-refractivity contribution is 5.94. The fourth-order valence-electron chi connectivity index (χ4n) is 3.36. The van der Waals surface area contributed by atoms with Gasteiger partial charge in [0, 0.05) is 37.0 Å². The monoisotopic (exact) mass is 362 g/mol. The number of aromatic nitrogens is 3. The van der Waals surface area contributed by atoms with E-state index in [1.165, 1.54) is 0 Å². The van der Waals surface area contributed by atoms with Crippen LogP contribution in [0.2, 0.25) is 0 Å². The van der Waals surface area contributed by atoms with Gasteiger partial charge in [-0.05, 0) is 42.8 Å². The average molecular weight is 362 g/mol. The van der Waals surface area contributed by atoms with Crippen molar-refractivity contribution in [1.29, 1.82) is 0 Å². The van der Waals surface area contributed by atoms with Crippen LogP contribution in [0.4, 0.5) is 0 Å². The predicted molar refractivity (Wildman–Crippen MR) is 101 cm³/mol. The van der Waals surface area contributed by atoms with E-state index < -0.39 is 0 Å². The lowest BCUT2D eigenvalue weighted by molar-refractivity contribution is 0.00922. The molecule has 1 amide bonds. The summed E-state index contributed by atoms with van der Waals surface area (Å²) >= 11 is 0. The first-order chi connectivity index (χ1) is 13.2. The highest BCUT2D eigenvalue weighted by Gasteiger charge is 2.26. The maximum Gasteiger partial charge on any atom is 0.255 e. The lowest BCUT2D eigenvalue weighted by atomic mass is 10.2. The third kappa shape index (κ3) is 4.06. The van der Waals surface area contributed by atoms with Gasteiger partial charge < -0.3 is 14.2 Å². The fourth-order valence-corrected chi connectivity index (χ4v) is 3.36. The van der Waals surface area contributed by atoms with Crippen LogP contribution in [0.5, 0.6) is 0 Å². The van der Waals surface area contributed by atoms with Crippen molar-refractivity contribution in [3.63, 3.8) is 0 Å². The predicted octanol–water partition coefficient (Wildman–Crippen LogP) is 2.83. The summed E-state index contributed by atoms with van der Waals surface area (Å²) in [5.41, 5.74) is 3.57. The molecule has 0 N–H and O–H groups in total. The Morgan fingerprint density at radius 3 is 2.96 bits per heavy atom. The van der Waals surface area contributed by atoms with Crippen molar-refractivity contribution in [2.45, 2.75) is 32.7 Å². The summed E-state index contributed by atoms with van der Waals surface area (Å²) in [5, 5.41) is 0. The van der Waals surface area contributed by atoms with Gasteiger partial charge in [-0.25, -0.2) is 0 Å². The van der Waals surface area contributed by atoms with Crippen LogP contribution in [0.25, 0.3) is 0 Å². The molecule has 0 fully saturated rings. The minimum absolute atomic E-state index is 0.0210. The Bertz CT molecular complexity index is 923. The smallest absolute Gasteiger partial charge is 0.255 e. The van der Waals surface area contributed by atoms with Gasteiger partial charge in [0.05, 0.1) is 37.1 Å². The van der Waals surface area contributed by atoms with Crippen LogP contribution < -0.4 is 0 Å². The molecule has 1 aliphatic heterocycles. The van der Waals surface area contributed by atoms with E-state index in [2.05, 4.69) is 20.6 Å². The molecule has 6 heteroatoms. The zero-order chi connectivity index (χ0) is 18.6. The second kappa shape index (κ2) is 7.72. The summed E-state index contributed by atoms with van der Waals surface area (Å²) in [5.74, 6) is -0.0210. The number of carbonyl (C=O) groups is 1. The topological polar surface area (TPSA) is 60.2 Å². The Hall–Kier alpha value is -2.99. The highest BCUT2D eigenvalue weighted by Crippen LogP contribution is 2.18. The number of nitrogens with zero attached hydrogens (tertiary/aromatic N) is 4. The zero-order valence-corrected chi connectivity index (χ0v) is 15.3. The molecule has 0 bridgehead atoms. The van der Waals surface area contributed by atoms with Crippen molar-refractivity contribution in [2.24, 2.45) is 0 Å². The maximum atomic E-state index is 13.1. The highest BCUT2D eigenvalue weighted by atomic mass is 16.5. The van der Waals surface area contributed by atoms with Crippen molar-refractivity contribution >= 4 is 5.91 Å². The van der Waals surface area contributed by atoms with E-state index in [1.54, 1.807) is 18.6 Å². The van der Waals surface area contributed by atoms with E-state index >= 15 is 0 Å². The quantitative estimate of drug-likeness (QED) is 0.716. The summed E-state index contributed by atoms with van der Waals surface area (Å²) in [4.78, 5) is 23.4. The first-order valence-electron chi connectivity index (χ1n) is 9.05. The number of carbonyl (C=O) groups excluding carboxylic acids is 1. The van der Waals surface area contributed by atoms with Gasteiger partial charge >= 0.3 is 0 Å². The van der Waals surface area contributed by atoms with Crippen LogP contribution in [-0.4, -0.2) is 38.0 Å². The van der Waals surface area contributed by atoms with E-state index in [4.69, 9.17) is 4.74 Å². The summed E-state index contributed by atoms with van der Waals surface area (Å²) in [7, 11) is 0. The maximum absolute atomic E-state index is 13.1. The molecule has 6 nitrogen and oxygen atoms in total. The second-order valence-electron chi connectivity index (χ2n) is 6.84. The molecule has 3 aromatic heterocycles. The van der Waals surface area contributed by atoms with E-state index in [-0.39, 0.29) is 12.0 Å². The molecule has 0 saturated heterocycles. The molecule has 4 heterocycles. The molecule has 0 spiro atoms. The number of ether oxygens (including phenoxy) is 1. The van der Waals surface area contributed by atoms with Crippen molar-refractivity contribution in [3.05, 3.63) is 83.7 Å². The SMILES string of the molecule is Cc1cncc(C(=O)N2Cc3cccn3C[C@H](OCc3ccccn3)C2)c1. The van der Waals surface area contributed by atoms with Crippen LogP contribution in [0.15, 0.2) is 61.2 Å². The summed E-state index contributed by atoms with van der Waals surface area (Å²) in [6.45, 7) is 4.17. The van der Waals surface area contributed by atoms with Crippen LogP contribution in [-0.2, 0) is 24.4 Å². The summed E-state index contributed by atoms with van der Waals surface area (Å²) in [6.07, 6.45) is 7.07. The van der Waals surface area contributed by atoms with Crippen molar-refractivity contribution in [2.75, 3.05) is 6.54 Å². The Morgan fingerprint density at radius 1 is 1.22 bits per heavy atom. The average Bonchev–Trinajstić information content (AvgIpc) is 3.04. The Morgan fingerprint density at radius 2 is 2.15 bits per heavy atom. The van der Waals surface area contributed by atoms with Gasteiger partial charge in [0.2, 0.25) is 0 Å². The van der Waals surface area contributed by atoms with Crippen LogP contribution in [0.3, 0.4) is 0 Å². The normalized spacial score (nSPS) is 16.6. The van der Waals surface area contributed by atoms with E-state index in [0.29, 0.717) is 31.8 Å². The van der Waals surface area contributed by atoms with E-state index in [0.717, 1.165) is 17.0 Å². The van der Waals surface area contributed by atoms with Gasteiger partial charge in [-0.2, -0.15) is 0 Å². The van der Waals surface area contributed by atoms with Crippen molar-refractivity contribution < 1.29 is 9.53 Å². The summed E-state index contributed by atoms with van der Waals surface area (Å²) in [6, 6.07) is 11.7. The van der Waals surface area contributed by atoms with Crippen molar-refractivity contribution in [3.8, 4) is 0 Å². The molecular weight excluding hydrogens is 340 g/mol. The molecule has 1 aliphatic rings. The third-order valence-corrected chi connectivity index (χ3v) is 4.70. The molecule has 0 aliphatic carbocycles. The first kappa shape index (κ1) is 17.4. The Balaban J connectivity index is 1.54. The number of fused-ring (bicyclic) bond motifs is 1. The molecule has 0 saturated carbocycles. The van der Waals surface area contributed by atoms with Gasteiger partial charge in [0.15, 0.2) is 0 Å². The van der Waals surface area contributed by atoms with Crippen LogP contribution in [0, 0.1) is 6.92 Å². The molecule has 0 unspecified atom stereocenters. The molecule has 0 aromatic carbocycles. The van der Waals surface area contributed by atoms with Gasteiger partial charge in [0.1, 0.15) is 0 Å². The zero-order valence-electron chi connectivity index (χ0n) is 15.3. The minimum Gasteiger partial charge on any atom is -0.368 e. The third-order valence-electron chi connectivity index (χ3n) is 4.70. The lowest BCUT2D eigenvalue weighted by Gasteiger charge is -2.24. The van der Waals surface area contributed by atoms with Gasteiger partial charge in [-0.3, -0.25) is 14.8 Å². The van der Waals surface area contributed by atoms with Gasteiger partial charge in [-0.15, -0.1) is 0 Å². The Kier molecular flexibility index (Phi) is 4.98. The minimum atomic E-state index is -0.109. The number of rotatable bonds is 4. The molecular formula is C21H22N4O2. The van der Waals surface area contributed by atoms with Crippen molar-refractivity contribution in [1.82, 2.24) is 19.4 Å². The Labute approximate surface area is 158 Å². The van der Waals surface area contributed by atoms with E-state index in [9.17, 15) is 4.79 Å². The number of aryl methyl sites for hydroxylation is 1. The fraction of sp³-hybridized carbons (Fsp3) is 0.286. The molecule has 138 valence electrons. The standard InChI is InChI=1S/C21H22N4O2/c1-16-9-17(11-22-10-16)21(26)25-12-19-6-4-8-24(19)13-20(14-25)27-15-18-5-2-3-7-23-18/h2-11,20H,12-15H2,1H3/t20-/m0/s1. The summed E-state index contributed by atoms with van der Waals surface area (Å²) < 4.78 is 8.28. The molecule has 3 aromatic rings. The van der Waals surface area contributed by atoms with Crippen LogP contribution >= 0.6 is 0 Å². The number of hydrogen-bond acceptors (Lipinski definition) is 4. The number of hydrogen-bond donors (Lipinski definition) is 0. The molecule has 0 radical (unpaired) electrons. The molecule has 27 heavy (non-hydrogen) atoms. The van der Waals surface area contributed by atoms with Gasteiger partial charge in [0.25, 0.3) is 5.91 Å². The largest absolute Gasteiger partial charge is 0.368 e. The number of amides is 1. The van der Waals surface area contributed by atoms with Gasteiger partial charge in [-0.1, -0.05) is 6.07 Å². The molecule has 4 rings (SSSR count). The van der Waals surface area contributed by atoms with E-state index in [1.807, 2.05) is 48.4 Å². The molecule has 1 atom stereocenters.